The fourth-order valence-electron chi connectivity index (χ4n) is 4.40. The van der Waals surface area contributed by atoms with Crippen molar-refractivity contribution >= 4 is 11.7 Å². The van der Waals surface area contributed by atoms with Crippen LogP contribution in [0.25, 0.3) is 0 Å². The lowest BCUT2D eigenvalue weighted by molar-refractivity contribution is -0.122. The van der Waals surface area contributed by atoms with Gasteiger partial charge in [0.1, 0.15) is 5.75 Å². The molecule has 0 fully saturated rings. The highest BCUT2D eigenvalue weighted by atomic mass is 16.5. The number of hydrogen-bond acceptors (Lipinski definition) is 5. The first kappa shape index (κ1) is 20.0. The van der Waals surface area contributed by atoms with Crippen molar-refractivity contribution in [3.05, 3.63) is 64.9 Å². The minimum atomic E-state index is -0.280. The van der Waals surface area contributed by atoms with Crippen molar-refractivity contribution < 1.29 is 24.2 Å². The van der Waals surface area contributed by atoms with Crippen LogP contribution in [0.1, 0.15) is 49.1 Å². The first-order valence-corrected chi connectivity index (χ1v) is 10.2. The highest BCUT2D eigenvalue weighted by Crippen LogP contribution is 2.44. The van der Waals surface area contributed by atoms with Crippen LogP contribution in [-0.4, -0.2) is 30.5 Å². The van der Waals surface area contributed by atoms with E-state index in [9.17, 15) is 14.7 Å². The summed E-state index contributed by atoms with van der Waals surface area (Å²) in [5.74, 6) is 1.10. The first-order valence-electron chi connectivity index (χ1n) is 10.2. The van der Waals surface area contributed by atoms with E-state index in [0.717, 1.165) is 11.1 Å². The molecule has 0 saturated carbocycles. The predicted molar refractivity (Wildman–Crippen MR) is 112 cm³/mol. The van der Waals surface area contributed by atoms with E-state index in [1.165, 1.54) is 0 Å². The number of methoxy groups -OCH3 is 1. The summed E-state index contributed by atoms with van der Waals surface area (Å²) in [4.78, 5) is 25.6. The molecule has 2 N–H and O–H groups in total. The van der Waals surface area contributed by atoms with Crippen LogP contribution < -0.4 is 14.8 Å². The van der Waals surface area contributed by atoms with E-state index in [2.05, 4.69) is 5.32 Å². The molecule has 2 aromatic carbocycles. The van der Waals surface area contributed by atoms with Crippen LogP contribution in [-0.2, 0) is 9.59 Å². The second kappa shape index (κ2) is 8.22. The Morgan fingerprint density at radius 2 is 1.73 bits per heavy atom. The van der Waals surface area contributed by atoms with Crippen molar-refractivity contribution in [2.75, 3.05) is 13.7 Å². The van der Waals surface area contributed by atoms with Crippen LogP contribution in [0.4, 0.5) is 0 Å². The standard InChI is InChI=1S/C24H25NO5/c1-3-30-21-9-6-15(12-22(21)29-2)16-10-19-24(20(27)11-16)18(13-23(28)25-19)14-4-7-17(26)8-5-14/h4-9,12,16,18,26H,3,10-11,13H2,1-2H3,(H,25,28). The summed E-state index contributed by atoms with van der Waals surface area (Å²) in [5.41, 5.74) is 3.24. The van der Waals surface area contributed by atoms with Crippen LogP contribution in [0.2, 0.25) is 0 Å². The summed E-state index contributed by atoms with van der Waals surface area (Å²) in [7, 11) is 1.60. The van der Waals surface area contributed by atoms with E-state index in [1.54, 1.807) is 31.4 Å². The summed E-state index contributed by atoms with van der Waals surface area (Å²) in [6, 6.07) is 12.5. The van der Waals surface area contributed by atoms with Crippen LogP contribution in [0.3, 0.4) is 0 Å². The number of nitrogens with one attached hydrogen (secondary N) is 1. The average molecular weight is 407 g/mol. The smallest absolute Gasteiger partial charge is 0.225 e. The van der Waals surface area contributed by atoms with E-state index in [1.807, 2.05) is 25.1 Å². The number of phenolic OH excluding ortho intramolecular Hbond substituents is 1. The fourth-order valence-corrected chi connectivity index (χ4v) is 4.40. The number of Topliss-reactive ketones (excluding diaryl/α,β-unsaturated/α-hetero) is 1. The van der Waals surface area contributed by atoms with Crippen molar-refractivity contribution in [2.24, 2.45) is 0 Å². The predicted octanol–water partition coefficient (Wildman–Crippen LogP) is 3.80. The summed E-state index contributed by atoms with van der Waals surface area (Å²) in [5, 5.41) is 12.5. The fraction of sp³-hybridized carbons (Fsp3) is 0.333. The van der Waals surface area contributed by atoms with Gasteiger partial charge in [0, 0.05) is 30.0 Å². The van der Waals surface area contributed by atoms with Crippen LogP contribution in [0.5, 0.6) is 17.2 Å². The van der Waals surface area contributed by atoms with Gasteiger partial charge < -0.3 is 19.9 Å². The molecule has 6 heteroatoms. The summed E-state index contributed by atoms with van der Waals surface area (Å²) >= 11 is 0. The molecule has 1 aliphatic carbocycles. The minimum Gasteiger partial charge on any atom is -0.508 e. The summed E-state index contributed by atoms with van der Waals surface area (Å²) in [6.07, 6.45) is 1.19. The number of aromatic hydroxyl groups is 1. The molecule has 1 heterocycles. The van der Waals surface area contributed by atoms with Gasteiger partial charge in [-0.1, -0.05) is 18.2 Å². The van der Waals surface area contributed by atoms with Gasteiger partial charge in [-0.25, -0.2) is 0 Å². The molecule has 0 spiro atoms. The molecule has 2 unspecified atom stereocenters. The lowest BCUT2D eigenvalue weighted by atomic mass is 9.73. The second-order valence-electron chi connectivity index (χ2n) is 7.66. The number of carbonyl (C=O) groups excluding carboxylic acids is 2. The third-order valence-electron chi connectivity index (χ3n) is 5.79. The van der Waals surface area contributed by atoms with Crippen LogP contribution in [0, 0.1) is 0 Å². The van der Waals surface area contributed by atoms with Crippen molar-refractivity contribution in [3.63, 3.8) is 0 Å². The monoisotopic (exact) mass is 407 g/mol. The number of phenols is 1. The van der Waals surface area contributed by atoms with Gasteiger partial charge in [-0.15, -0.1) is 0 Å². The Hall–Kier alpha value is -3.28. The van der Waals surface area contributed by atoms with E-state index in [4.69, 9.17) is 9.47 Å². The molecule has 2 atom stereocenters. The molecule has 6 nitrogen and oxygen atoms in total. The molecule has 0 radical (unpaired) electrons. The lowest BCUT2D eigenvalue weighted by Gasteiger charge is -2.34. The molecular weight excluding hydrogens is 382 g/mol. The Bertz CT molecular complexity index is 1010. The molecule has 156 valence electrons. The Balaban J connectivity index is 1.66. The molecule has 0 saturated heterocycles. The molecule has 0 bridgehead atoms. The van der Waals surface area contributed by atoms with Crippen molar-refractivity contribution in [2.45, 2.75) is 38.0 Å². The largest absolute Gasteiger partial charge is 0.508 e. The van der Waals surface area contributed by atoms with Gasteiger partial charge in [-0.05, 0) is 54.7 Å². The lowest BCUT2D eigenvalue weighted by Crippen LogP contribution is -2.38. The third-order valence-corrected chi connectivity index (χ3v) is 5.79. The van der Waals surface area contributed by atoms with E-state index in [-0.39, 0.29) is 35.7 Å². The normalized spacial score (nSPS) is 21.1. The van der Waals surface area contributed by atoms with E-state index < -0.39 is 0 Å². The first-order chi connectivity index (χ1) is 14.5. The molecule has 0 aromatic heterocycles. The van der Waals surface area contributed by atoms with Gasteiger partial charge in [-0.3, -0.25) is 9.59 Å². The SMILES string of the molecule is CCOc1ccc(C2CC(=O)C3=C(C2)NC(=O)CC3c2ccc(O)cc2)cc1OC. The van der Waals surface area contributed by atoms with E-state index >= 15 is 0 Å². The minimum absolute atomic E-state index is 0.0419. The van der Waals surface area contributed by atoms with Crippen molar-refractivity contribution in [1.29, 1.82) is 0 Å². The van der Waals surface area contributed by atoms with Gasteiger partial charge >= 0.3 is 0 Å². The number of amides is 1. The van der Waals surface area contributed by atoms with Crippen molar-refractivity contribution in [1.82, 2.24) is 5.32 Å². The van der Waals surface area contributed by atoms with E-state index in [0.29, 0.717) is 42.2 Å². The van der Waals surface area contributed by atoms with Gasteiger partial charge in [-0.2, -0.15) is 0 Å². The Labute approximate surface area is 175 Å². The Morgan fingerprint density at radius 3 is 2.43 bits per heavy atom. The molecule has 1 aliphatic heterocycles. The highest BCUT2D eigenvalue weighted by Gasteiger charge is 2.38. The zero-order chi connectivity index (χ0) is 21.3. The van der Waals surface area contributed by atoms with Crippen LogP contribution >= 0.6 is 0 Å². The molecule has 4 rings (SSSR count). The molecular formula is C24H25NO5. The second-order valence-corrected chi connectivity index (χ2v) is 7.66. The highest BCUT2D eigenvalue weighted by molar-refractivity contribution is 6.02. The van der Waals surface area contributed by atoms with Gasteiger partial charge in [0.05, 0.1) is 13.7 Å². The number of ether oxygens (including phenoxy) is 2. The molecule has 30 heavy (non-hydrogen) atoms. The summed E-state index contributed by atoms with van der Waals surface area (Å²) in [6.45, 7) is 2.45. The Morgan fingerprint density at radius 1 is 1.00 bits per heavy atom. The van der Waals surface area contributed by atoms with Crippen molar-refractivity contribution in [3.8, 4) is 17.2 Å². The average Bonchev–Trinajstić information content (AvgIpc) is 2.73. The zero-order valence-electron chi connectivity index (χ0n) is 17.1. The maximum absolute atomic E-state index is 13.2. The number of benzene rings is 2. The number of hydrogen-bond donors (Lipinski definition) is 2. The maximum Gasteiger partial charge on any atom is 0.225 e. The number of allylic oxidation sites excluding steroid dienone is 2. The number of rotatable bonds is 5. The maximum atomic E-state index is 13.2. The summed E-state index contributed by atoms with van der Waals surface area (Å²) < 4.78 is 11.0. The Kier molecular flexibility index (Phi) is 5.48. The number of carbonyl (C=O) groups is 2. The van der Waals surface area contributed by atoms with Gasteiger partial charge in [0.15, 0.2) is 17.3 Å². The zero-order valence-corrected chi connectivity index (χ0v) is 17.1. The van der Waals surface area contributed by atoms with Gasteiger partial charge in [0.25, 0.3) is 0 Å². The number of ketones is 1. The molecule has 2 aliphatic rings. The molecule has 2 aromatic rings. The topological polar surface area (TPSA) is 84.9 Å². The van der Waals surface area contributed by atoms with Crippen LogP contribution in [0.15, 0.2) is 53.7 Å². The molecule has 1 amide bonds. The quantitative estimate of drug-likeness (QED) is 0.787. The third kappa shape index (κ3) is 3.77. The van der Waals surface area contributed by atoms with Gasteiger partial charge in [0.2, 0.25) is 5.91 Å².